The molecule has 0 fully saturated rings. The number of hydrogen-bond acceptors (Lipinski definition) is 4. The van der Waals surface area contributed by atoms with E-state index in [9.17, 15) is 4.79 Å². The molecule has 9 heteroatoms. The molecule has 0 aliphatic carbocycles. The van der Waals surface area contributed by atoms with Gasteiger partial charge < -0.3 is 22.1 Å². The van der Waals surface area contributed by atoms with Gasteiger partial charge in [-0.05, 0) is 5.56 Å². The number of carbonyl (C=O) groups is 1. The number of rotatable bonds is 4. The molecule has 6 nitrogen and oxygen atoms in total. The molecule has 1 aliphatic heterocycles. The van der Waals surface area contributed by atoms with Crippen LogP contribution in [0.4, 0.5) is 5.69 Å². The third kappa shape index (κ3) is 7.50. The second kappa shape index (κ2) is 12.2. The molecule has 2 aromatic carbocycles. The molecule has 150 valence electrons. The van der Waals surface area contributed by atoms with Crippen molar-refractivity contribution in [2.45, 2.75) is 39.2 Å². The van der Waals surface area contributed by atoms with E-state index in [4.69, 9.17) is 17.7 Å². The molecule has 2 aromatic rings. The first-order valence-electron chi connectivity index (χ1n) is 8.31. The smallest absolute Gasteiger partial charge is 1.00 e. The molecule has 0 saturated heterocycles. The molecule has 1 aliphatic rings. The van der Waals surface area contributed by atoms with Crippen LogP contribution in [0.5, 0.6) is 0 Å². The summed E-state index contributed by atoms with van der Waals surface area (Å²) in [6.45, 7) is 7.45. The molecule has 0 unspecified atom stereocenters. The van der Waals surface area contributed by atoms with Gasteiger partial charge in [0, 0.05) is 17.9 Å². The maximum absolute atomic E-state index is 10.8. The predicted octanol–water partition coefficient (Wildman–Crippen LogP) is -3.29. The number of halogens is 1. The van der Waals surface area contributed by atoms with Crippen molar-refractivity contribution in [2.24, 2.45) is 0 Å². The molecular formula is C20H21BrKNO5S. The van der Waals surface area contributed by atoms with Crippen LogP contribution in [0.2, 0.25) is 0 Å². The van der Waals surface area contributed by atoms with Crippen LogP contribution in [0.15, 0.2) is 42.5 Å². The summed E-state index contributed by atoms with van der Waals surface area (Å²) < 4.78 is 27.7. The van der Waals surface area contributed by atoms with Gasteiger partial charge in [0.2, 0.25) is 0 Å². The van der Waals surface area contributed by atoms with Crippen LogP contribution < -0.4 is 68.4 Å². The van der Waals surface area contributed by atoms with Gasteiger partial charge in [-0.3, -0.25) is 4.79 Å². The molecule has 3 rings (SSSR count). The van der Waals surface area contributed by atoms with E-state index in [0.29, 0.717) is 0 Å². The van der Waals surface area contributed by atoms with Gasteiger partial charge in [0.05, 0.1) is 6.42 Å². The minimum Gasteiger partial charge on any atom is -1.00 e. The van der Waals surface area contributed by atoms with Gasteiger partial charge in [-0.2, -0.15) is 18.2 Å². The van der Waals surface area contributed by atoms with Crippen molar-refractivity contribution in [3.63, 3.8) is 0 Å². The van der Waals surface area contributed by atoms with Crippen molar-refractivity contribution in [2.75, 3.05) is 0 Å². The van der Waals surface area contributed by atoms with Crippen LogP contribution in [0, 0.1) is 6.07 Å². The largest absolute Gasteiger partial charge is 1.00 e. The molecule has 29 heavy (non-hydrogen) atoms. The van der Waals surface area contributed by atoms with Crippen molar-refractivity contribution >= 4 is 28.0 Å². The van der Waals surface area contributed by atoms with Crippen molar-refractivity contribution in [3.05, 3.63) is 65.2 Å². The van der Waals surface area contributed by atoms with E-state index in [1.807, 2.05) is 30.3 Å². The molecule has 1 N–H and O–H groups in total. The first kappa shape index (κ1) is 28.3. The molecule has 0 atom stereocenters. The fourth-order valence-corrected chi connectivity index (χ4v) is 3.19. The zero-order valence-electron chi connectivity index (χ0n) is 16.8. The van der Waals surface area contributed by atoms with Gasteiger partial charge in [-0.1, -0.05) is 43.7 Å². The van der Waals surface area contributed by atoms with E-state index in [1.165, 1.54) is 22.5 Å². The molecule has 1 heterocycles. The summed E-state index contributed by atoms with van der Waals surface area (Å²) in [5.74, 6) is -0.798. The summed E-state index contributed by atoms with van der Waals surface area (Å²) in [7, 11) is -3.11. The maximum Gasteiger partial charge on any atom is 1.00 e. The molecule has 0 radical (unpaired) electrons. The van der Waals surface area contributed by atoms with Crippen LogP contribution in [0.25, 0.3) is 0 Å². The molecule has 0 bridgehead atoms. The number of carboxylic acid groups (broad SMARTS) is 1. The Bertz CT molecular complexity index is 996. The first-order chi connectivity index (χ1) is 12.6. The summed E-state index contributed by atoms with van der Waals surface area (Å²) in [5.41, 5.74) is 5.88. The van der Waals surface area contributed by atoms with E-state index in [0.717, 1.165) is 12.1 Å². The number of aliphatic carboxylic acids is 1. The van der Waals surface area contributed by atoms with Crippen LogP contribution in [-0.4, -0.2) is 34.0 Å². The molecule has 0 aromatic heterocycles. The summed E-state index contributed by atoms with van der Waals surface area (Å²) in [4.78, 5) is 10.8. The zero-order chi connectivity index (χ0) is 20.2. The average Bonchev–Trinajstić information content (AvgIpc) is 2.77. The maximum atomic E-state index is 10.8. The number of nitrogens with zero attached hydrogens (tertiary/aromatic N) is 1. The second-order valence-corrected chi connectivity index (χ2v) is 7.24. The monoisotopic (exact) mass is 505 g/mol. The Kier molecular flexibility index (Phi) is 11.9. The molecule has 0 saturated carbocycles. The van der Waals surface area contributed by atoms with Crippen molar-refractivity contribution in [1.29, 1.82) is 0 Å². The van der Waals surface area contributed by atoms with Gasteiger partial charge in [-0.15, -0.1) is 18.7 Å². The van der Waals surface area contributed by atoms with Gasteiger partial charge in [-0.25, -0.2) is 4.58 Å². The van der Waals surface area contributed by atoms with E-state index in [1.54, 1.807) is 0 Å². The van der Waals surface area contributed by atoms with Crippen LogP contribution in [-0.2, 0) is 33.8 Å². The summed E-state index contributed by atoms with van der Waals surface area (Å²) in [5, 5.41) is 8.85. The zero-order valence-corrected chi connectivity index (χ0v) is 22.3. The molecular weight excluding hydrogens is 485 g/mol. The fraction of sp³-hybridized carbons (Fsp3) is 0.300. The number of carboxylic acids is 1. The summed E-state index contributed by atoms with van der Waals surface area (Å²) >= 11 is 0. The Hall–Kier alpha value is -0.684. The number of benzene rings is 2. The minimum absolute atomic E-state index is 0. The predicted molar refractivity (Wildman–Crippen MR) is 100 cm³/mol. The summed E-state index contributed by atoms with van der Waals surface area (Å²) in [6, 6.07) is 17.2. The van der Waals surface area contributed by atoms with E-state index < -0.39 is 16.6 Å². The number of fused-ring (bicyclic) bond motifs is 1. The Morgan fingerprint density at radius 1 is 1.10 bits per heavy atom. The van der Waals surface area contributed by atoms with Crippen LogP contribution >= 0.6 is 0 Å². The Labute approximate surface area is 225 Å². The van der Waals surface area contributed by atoms with Crippen molar-refractivity contribution in [1.82, 2.24) is 0 Å². The SMILES string of the molecule is CC1=[N+](Cc2ccc(CC(=O)O)cc2)c2cc[c-]cc2C1(C)C.O=S(=O)=O.[Br-].[K+]. The Morgan fingerprint density at radius 3 is 2.14 bits per heavy atom. The minimum atomic E-state index is -3.11. The first-order valence-corrected chi connectivity index (χ1v) is 9.31. The van der Waals surface area contributed by atoms with Crippen molar-refractivity contribution in [3.8, 4) is 0 Å². The van der Waals surface area contributed by atoms with Crippen molar-refractivity contribution < 1.29 is 95.5 Å². The Balaban J connectivity index is 0.00000120. The molecule has 0 spiro atoms. The van der Waals surface area contributed by atoms with E-state index >= 15 is 0 Å². The standard InChI is InChI=1S/C20H21NO2.BrH.K.O3S/c1-14-20(2,3)17-6-4-5-7-18(17)21(14)13-16-10-8-15(9-11-16)12-19(22)23;;;1-4(2)3/h5-11H,12-13H2,1-3H3,(H,22,23);1H;;/q;;+1;/p-1. The Morgan fingerprint density at radius 2 is 1.62 bits per heavy atom. The van der Waals surface area contributed by atoms with Gasteiger partial charge in [0.15, 0.2) is 12.3 Å². The van der Waals surface area contributed by atoms with Crippen LogP contribution in [0.3, 0.4) is 0 Å². The normalized spacial score (nSPS) is 13.2. The van der Waals surface area contributed by atoms with Gasteiger partial charge in [0.25, 0.3) is 0 Å². The topological polar surface area (TPSA) is 91.5 Å². The fourth-order valence-electron chi connectivity index (χ4n) is 3.19. The third-order valence-corrected chi connectivity index (χ3v) is 4.83. The second-order valence-electron chi connectivity index (χ2n) is 6.83. The third-order valence-electron chi connectivity index (χ3n) is 4.83. The van der Waals surface area contributed by atoms with Crippen LogP contribution in [0.1, 0.15) is 37.5 Å². The average molecular weight is 506 g/mol. The quantitative estimate of drug-likeness (QED) is 0.267. The van der Waals surface area contributed by atoms with Gasteiger partial charge >= 0.3 is 68.0 Å². The molecule has 0 amide bonds. The number of hydrogen-bond donors (Lipinski definition) is 1. The van der Waals surface area contributed by atoms with Gasteiger partial charge in [0.1, 0.15) is 5.69 Å². The summed E-state index contributed by atoms with van der Waals surface area (Å²) in [6.07, 6.45) is 0.0703. The van der Waals surface area contributed by atoms with E-state index in [-0.39, 0.29) is 80.2 Å². The van der Waals surface area contributed by atoms with E-state index in [2.05, 4.69) is 43.5 Å².